The van der Waals surface area contributed by atoms with E-state index in [0.29, 0.717) is 43.3 Å². The maximum absolute atomic E-state index is 13.9. The molecule has 1 aliphatic rings. The van der Waals surface area contributed by atoms with Gasteiger partial charge in [-0.05, 0) is 86.4 Å². The Morgan fingerprint density at radius 3 is 2.31 bits per heavy atom. The second kappa shape index (κ2) is 13.1. The van der Waals surface area contributed by atoms with Crippen LogP contribution in [-0.2, 0) is 26.1 Å². The van der Waals surface area contributed by atoms with E-state index in [1.807, 2.05) is 6.92 Å². The van der Waals surface area contributed by atoms with Crippen molar-refractivity contribution in [2.24, 2.45) is 11.8 Å². The number of hydroxylamine groups is 1. The standard InChI is InChI=1S/C26H37N3O6S/c1-4-34-22-9-11-24(12-10-22)36(32,33)29(17-20-13-15-27-16-14-20)25(26(30)28-31)21-5-7-23(8-6-21)35-18-19(2)3/h9-16,19,21,23,25,31H,4-8,17-18H2,1-3H3,(H,28,30)/t21?,23?,25-/m1/s1. The molecule has 9 nitrogen and oxygen atoms in total. The van der Waals surface area contributed by atoms with Crippen molar-refractivity contribution in [3.8, 4) is 5.75 Å². The summed E-state index contributed by atoms with van der Waals surface area (Å²) in [6.45, 7) is 7.12. The molecule has 1 aliphatic carbocycles. The third-order valence-electron chi connectivity index (χ3n) is 6.35. The van der Waals surface area contributed by atoms with Crippen LogP contribution in [0.2, 0.25) is 0 Å². The number of nitrogens with zero attached hydrogens (tertiary/aromatic N) is 2. The van der Waals surface area contributed by atoms with Crippen LogP contribution in [0.1, 0.15) is 52.0 Å². The predicted octanol–water partition coefficient (Wildman–Crippen LogP) is 3.78. The van der Waals surface area contributed by atoms with Crippen LogP contribution < -0.4 is 10.2 Å². The summed E-state index contributed by atoms with van der Waals surface area (Å²) < 4.78 is 40.5. The van der Waals surface area contributed by atoms with Crippen molar-refractivity contribution in [2.45, 2.75) is 70.0 Å². The number of aromatic nitrogens is 1. The van der Waals surface area contributed by atoms with Crippen molar-refractivity contribution in [2.75, 3.05) is 13.2 Å². The Labute approximate surface area is 213 Å². The second-order valence-electron chi connectivity index (χ2n) is 9.50. The number of ether oxygens (including phenoxy) is 2. The molecule has 1 amide bonds. The van der Waals surface area contributed by atoms with Crippen LogP contribution >= 0.6 is 0 Å². The minimum absolute atomic E-state index is 0.0417. The van der Waals surface area contributed by atoms with Gasteiger partial charge in [0.1, 0.15) is 11.8 Å². The number of carbonyl (C=O) groups is 1. The Morgan fingerprint density at radius 1 is 1.11 bits per heavy atom. The van der Waals surface area contributed by atoms with E-state index in [9.17, 15) is 18.4 Å². The summed E-state index contributed by atoms with van der Waals surface area (Å²) in [4.78, 5) is 17.1. The fourth-order valence-corrected chi connectivity index (χ4v) is 6.19. The van der Waals surface area contributed by atoms with Crippen molar-refractivity contribution in [1.82, 2.24) is 14.8 Å². The number of hydrogen-bond acceptors (Lipinski definition) is 7. The van der Waals surface area contributed by atoms with Crippen LogP contribution in [0.4, 0.5) is 0 Å². The molecular weight excluding hydrogens is 482 g/mol. The van der Waals surface area contributed by atoms with E-state index in [2.05, 4.69) is 18.8 Å². The highest BCUT2D eigenvalue weighted by Crippen LogP contribution is 2.34. The largest absolute Gasteiger partial charge is 0.494 e. The van der Waals surface area contributed by atoms with Crippen LogP contribution in [0.3, 0.4) is 0 Å². The van der Waals surface area contributed by atoms with Crippen molar-refractivity contribution in [1.29, 1.82) is 0 Å². The molecule has 2 aromatic rings. The maximum Gasteiger partial charge on any atom is 0.262 e. The number of amides is 1. The average molecular weight is 520 g/mol. The molecule has 1 aromatic carbocycles. The Hall–Kier alpha value is -2.53. The number of sulfonamides is 1. The van der Waals surface area contributed by atoms with E-state index in [-0.39, 0.29) is 23.5 Å². The number of benzene rings is 1. The van der Waals surface area contributed by atoms with E-state index in [1.165, 1.54) is 16.4 Å². The quantitative estimate of drug-likeness (QED) is 0.324. The molecular formula is C26H37N3O6S. The van der Waals surface area contributed by atoms with Gasteiger partial charge in [-0.3, -0.25) is 15.0 Å². The number of rotatable bonds is 12. The van der Waals surface area contributed by atoms with Crippen LogP contribution in [0.25, 0.3) is 0 Å². The number of hydrogen-bond donors (Lipinski definition) is 2. The summed E-state index contributed by atoms with van der Waals surface area (Å²) in [6.07, 6.45) is 5.89. The molecule has 1 saturated carbocycles. The molecule has 1 atom stereocenters. The first-order chi connectivity index (χ1) is 17.3. The van der Waals surface area contributed by atoms with Gasteiger partial charge in [-0.25, -0.2) is 13.9 Å². The molecule has 0 bridgehead atoms. The summed E-state index contributed by atoms with van der Waals surface area (Å²) in [7, 11) is -4.12. The summed E-state index contributed by atoms with van der Waals surface area (Å²) in [5.74, 6) is -0.0484. The van der Waals surface area contributed by atoms with Crippen LogP contribution in [0.5, 0.6) is 5.75 Å². The molecule has 0 spiro atoms. The molecule has 0 radical (unpaired) electrons. The molecule has 0 unspecified atom stereocenters. The third-order valence-corrected chi connectivity index (χ3v) is 8.19. The van der Waals surface area contributed by atoms with E-state index in [1.54, 1.807) is 42.1 Å². The molecule has 0 aliphatic heterocycles. The average Bonchev–Trinajstić information content (AvgIpc) is 2.88. The molecule has 3 rings (SSSR count). The zero-order valence-corrected chi connectivity index (χ0v) is 22.0. The van der Waals surface area contributed by atoms with Crippen molar-refractivity contribution in [3.05, 3.63) is 54.4 Å². The highest BCUT2D eigenvalue weighted by atomic mass is 32.2. The van der Waals surface area contributed by atoms with E-state index in [0.717, 1.165) is 12.8 Å². The van der Waals surface area contributed by atoms with E-state index in [4.69, 9.17) is 9.47 Å². The van der Waals surface area contributed by atoms with Gasteiger partial charge in [0.05, 0.1) is 17.6 Å². The van der Waals surface area contributed by atoms with Crippen LogP contribution in [0, 0.1) is 11.8 Å². The van der Waals surface area contributed by atoms with Gasteiger partial charge in [-0.2, -0.15) is 4.31 Å². The molecule has 0 saturated heterocycles. The van der Waals surface area contributed by atoms with Gasteiger partial charge in [0, 0.05) is 25.5 Å². The second-order valence-corrected chi connectivity index (χ2v) is 11.4. The zero-order valence-electron chi connectivity index (χ0n) is 21.2. The summed E-state index contributed by atoms with van der Waals surface area (Å²) in [5, 5.41) is 9.61. The Bertz CT molecular complexity index is 1050. The van der Waals surface area contributed by atoms with Gasteiger partial charge < -0.3 is 9.47 Å². The summed E-state index contributed by atoms with van der Waals surface area (Å²) >= 11 is 0. The smallest absolute Gasteiger partial charge is 0.262 e. The molecule has 198 valence electrons. The van der Waals surface area contributed by atoms with Crippen molar-refractivity contribution in [3.63, 3.8) is 0 Å². The van der Waals surface area contributed by atoms with Crippen LogP contribution in [0.15, 0.2) is 53.7 Å². The molecule has 1 heterocycles. The lowest BCUT2D eigenvalue weighted by molar-refractivity contribution is -0.136. The molecule has 1 fully saturated rings. The van der Waals surface area contributed by atoms with Crippen molar-refractivity contribution >= 4 is 15.9 Å². The first-order valence-corrected chi connectivity index (χ1v) is 13.9. The van der Waals surface area contributed by atoms with Crippen molar-refractivity contribution < 1.29 is 27.9 Å². The Kier molecular flexibility index (Phi) is 10.2. The van der Waals surface area contributed by atoms with Gasteiger partial charge in [0.25, 0.3) is 5.91 Å². The van der Waals surface area contributed by atoms with E-state index >= 15 is 0 Å². The van der Waals surface area contributed by atoms with Gasteiger partial charge in [0.15, 0.2) is 0 Å². The maximum atomic E-state index is 13.9. The van der Waals surface area contributed by atoms with Gasteiger partial charge >= 0.3 is 0 Å². The van der Waals surface area contributed by atoms with Gasteiger partial charge in [-0.1, -0.05) is 13.8 Å². The van der Waals surface area contributed by atoms with E-state index < -0.39 is 22.0 Å². The molecule has 36 heavy (non-hydrogen) atoms. The van der Waals surface area contributed by atoms with Gasteiger partial charge in [-0.15, -0.1) is 0 Å². The molecule has 1 aromatic heterocycles. The lowest BCUT2D eigenvalue weighted by atomic mass is 9.82. The van der Waals surface area contributed by atoms with Crippen LogP contribution in [-0.4, -0.2) is 54.2 Å². The zero-order chi connectivity index (χ0) is 26.1. The molecule has 2 N–H and O–H groups in total. The first-order valence-electron chi connectivity index (χ1n) is 12.4. The lowest BCUT2D eigenvalue weighted by Gasteiger charge is -2.38. The number of nitrogens with one attached hydrogen (secondary N) is 1. The Balaban J connectivity index is 1.93. The SMILES string of the molecule is CCOc1ccc(S(=O)(=O)N(Cc2ccncc2)[C@@H](C(=O)NO)C2CCC(OCC(C)C)CC2)cc1. The normalized spacial score (nSPS) is 19.3. The first kappa shape index (κ1) is 28.0. The number of pyridine rings is 1. The third kappa shape index (κ3) is 7.25. The minimum atomic E-state index is -4.12. The topological polar surface area (TPSA) is 118 Å². The molecule has 10 heteroatoms. The summed E-state index contributed by atoms with van der Waals surface area (Å²) in [6, 6.07) is 8.48. The lowest BCUT2D eigenvalue weighted by Crippen LogP contribution is -2.53. The Morgan fingerprint density at radius 2 is 1.75 bits per heavy atom. The fraction of sp³-hybridized carbons (Fsp3) is 0.538. The highest BCUT2D eigenvalue weighted by Gasteiger charge is 2.42. The number of carbonyl (C=O) groups excluding carboxylic acids is 1. The van der Waals surface area contributed by atoms with Gasteiger partial charge in [0.2, 0.25) is 10.0 Å². The fourth-order valence-electron chi connectivity index (χ4n) is 4.56. The predicted molar refractivity (Wildman–Crippen MR) is 135 cm³/mol. The minimum Gasteiger partial charge on any atom is -0.494 e. The summed E-state index contributed by atoms with van der Waals surface area (Å²) in [5.41, 5.74) is 2.41. The monoisotopic (exact) mass is 519 g/mol. The highest BCUT2D eigenvalue weighted by molar-refractivity contribution is 7.89.